The molecule has 0 aromatic carbocycles. The first-order chi connectivity index (χ1) is 7.78. The van der Waals surface area contributed by atoms with E-state index in [-0.39, 0.29) is 0 Å². The molecule has 2 aromatic heterocycles. The maximum absolute atomic E-state index is 4.42. The molecule has 0 atom stereocenters. The van der Waals surface area contributed by atoms with Crippen LogP contribution >= 0.6 is 23.1 Å². The van der Waals surface area contributed by atoms with Crippen LogP contribution in [0.25, 0.3) is 0 Å². The number of hydrogen-bond acceptors (Lipinski definition) is 5. The number of anilines is 1. The molecule has 0 aliphatic heterocycles. The Kier molecular flexibility index (Phi) is 3.79. The fourth-order valence-electron chi connectivity index (χ4n) is 1.24. The van der Waals surface area contributed by atoms with Crippen molar-refractivity contribution in [2.45, 2.75) is 17.0 Å². The van der Waals surface area contributed by atoms with Gasteiger partial charge in [-0.2, -0.15) is 0 Å². The summed E-state index contributed by atoms with van der Waals surface area (Å²) in [6, 6.07) is 4.10. The fraction of sp³-hybridized carbons (Fsp3) is 0.273. The number of aryl methyl sites for hydroxylation is 1. The summed E-state index contributed by atoms with van der Waals surface area (Å²) >= 11 is 3.46. The molecular formula is C11H13N3S2. The highest BCUT2D eigenvalue weighted by atomic mass is 32.2. The van der Waals surface area contributed by atoms with Crippen molar-refractivity contribution >= 4 is 28.9 Å². The number of rotatable bonds is 4. The van der Waals surface area contributed by atoms with Gasteiger partial charge in [0.2, 0.25) is 0 Å². The molecule has 0 fully saturated rings. The van der Waals surface area contributed by atoms with Gasteiger partial charge in [0.15, 0.2) is 0 Å². The number of pyridine rings is 1. The van der Waals surface area contributed by atoms with Gasteiger partial charge in [-0.15, -0.1) is 11.3 Å². The fourth-order valence-corrected chi connectivity index (χ4v) is 3.04. The summed E-state index contributed by atoms with van der Waals surface area (Å²) in [5.74, 6) is 1.85. The summed E-state index contributed by atoms with van der Waals surface area (Å²) in [5.41, 5.74) is 2.36. The molecule has 16 heavy (non-hydrogen) atoms. The van der Waals surface area contributed by atoms with Gasteiger partial charge >= 0.3 is 0 Å². The van der Waals surface area contributed by atoms with Crippen molar-refractivity contribution in [1.82, 2.24) is 9.97 Å². The zero-order valence-corrected chi connectivity index (χ0v) is 10.9. The van der Waals surface area contributed by atoms with Gasteiger partial charge in [0, 0.05) is 30.1 Å². The van der Waals surface area contributed by atoms with E-state index in [1.54, 1.807) is 23.1 Å². The molecule has 3 nitrogen and oxygen atoms in total. The molecular weight excluding hydrogens is 238 g/mol. The molecule has 0 saturated heterocycles. The van der Waals surface area contributed by atoms with Crippen molar-refractivity contribution in [1.29, 1.82) is 0 Å². The molecule has 5 heteroatoms. The number of nitrogens with one attached hydrogen (secondary N) is 1. The molecule has 0 bridgehead atoms. The second-order valence-corrected chi connectivity index (χ2v) is 5.42. The molecule has 0 spiro atoms. The van der Waals surface area contributed by atoms with Gasteiger partial charge in [-0.05, 0) is 24.6 Å². The van der Waals surface area contributed by atoms with E-state index in [1.165, 1.54) is 5.56 Å². The molecule has 0 saturated carbocycles. The van der Waals surface area contributed by atoms with E-state index < -0.39 is 0 Å². The van der Waals surface area contributed by atoms with Crippen LogP contribution in [0.3, 0.4) is 0 Å². The van der Waals surface area contributed by atoms with E-state index in [0.717, 1.165) is 21.6 Å². The van der Waals surface area contributed by atoms with E-state index in [9.17, 15) is 0 Å². The average molecular weight is 251 g/mol. The number of nitrogens with zero attached hydrogens (tertiary/aromatic N) is 2. The zero-order valence-electron chi connectivity index (χ0n) is 9.23. The van der Waals surface area contributed by atoms with Crippen LogP contribution in [0.1, 0.15) is 11.3 Å². The van der Waals surface area contributed by atoms with Crippen LogP contribution in [0.5, 0.6) is 0 Å². The minimum Gasteiger partial charge on any atom is -0.373 e. The van der Waals surface area contributed by atoms with Crippen molar-refractivity contribution in [2.75, 3.05) is 12.4 Å². The molecule has 0 radical (unpaired) electrons. The van der Waals surface area contributed by atoms with Crippen LogP contribution in [-0.4, -0.2) is 17.0 Å². The van der Waals surface area contributed by atoms with Crippen molar-refractivity contribution in [3.63, 3.8) is 0 Å². The maximum atomic E-state index is 4.42. The third kappa shape index (κ3) is 2.96. The Balaban J connectivity index is 1.99. The van der Waals surface area contributed by atoms with Crippen molar-refractivity contribution in [3.8, 4) is 0 Å². The van der Waals surface area contributed by atoms with Gasteiger partial charge < -0.3 is 5.32 Å². The third-order valence-corrected chi connectivity index (χ3v) is 4.25. The van der Waals surface area contributed by atoms with Gasteiger partial charge in [-0.3, -0.25) is 0 Å². The maximum Gasteiger partial charge on any atom is 0.150 e. The highest BCUT2D eigenvalue weighted by Crippen LogP contribution is 2.26. The molecule has 0 unspecified atom stereocenters. The second kappa shape index (κ2) is 5.32. The second-order valence-electron chi connectivity index (χ2n) is 3.34. The smallest absolute Gasteiger partial charge is 0.150 e. The molecule has 0 aliphatic carbocycles. The first-order valence-electron chi connectivity index (χ1n) is 4.95. The standard InChI is InChI=1S/C11H13N3S2/c1-8-6-15-11(14-8)16-7-9-3-4-13-10(5-9)12-2/h3-6H,7H2,1-2H3,(H,12,13). The summed E-state index contributed by atoms with van der Waals surface area (Å²) in [4.78, 5) is 8.60. The molecule has 1 N–H and O–H groups in total. The average Bonchev–Trinajstić information content (AvgIpc) is 2.73. The first-order valence-corrected chi connectivity index (χ1v) is 6.82. The van der Waals surface area contributed by atoms with Crippen LogP contribution in [0.15, 0.2) is 28.0 Å². The van der Waals surface area contributed by atoms with E-state index in [1.807, 2.05) is 26.2 Å². The summed E-state index contributed by atoms with van der Waals surface area (Å²) < 4.78 is 1.13. The highest BCUT2D eigenvalue weighted by molar-refractivity contribution is 8.00. The van der Waals surface area contributed by atoms with E-state index in [4.69, 9.17) is 0 Å². The number of thioether (sulfide) groups is 1. The first kappa shape index (κ1) is 11.4. The van der Waals surface area contributed by atoms with Crippen molar-refractivity contribution < 1.29 is 0 Å². The topological polar surface area (TPSA) is 37.8 Å². The Morgan fingerprint density at radius 3 is 3.06 bits per heavy atom. The van der Waals surface area contributed by atoms with Crippen molar-refractivity contribution in [2.24, 2.45) is 0 Å². The number of thiazole rings is 1. The number of hydrogen-bond donors (Lipinski definition) is 1. The molecule has 0 amide bonds. The Hall–Kier alpha value is -1.07. The van der Waals surface area contributed by atoms with Crippen LogP contribution in [0.2, 0.25) is 0 Å². The lowest BCUT2D eigenvalue weighted by atomic mass is 10.3. The van der Waals surface area contributed by atoms with Gasteiger partial charge in [0.05, 0.1) is 0 Å². The van der Waals surface area contributed by atoms with Gasteiger partial charge in [0.1, 0.15) is 10.2 Å². The largest absolute Gasteiger partial charge is 0.373 e. The normalized spacial score (nSPS) is 10.4. The third-order valence-electron chi connectivity index (χ3n) is 2.04. The van der Waals surface area contributed by atoms with Gasteiger partial charge in [-0.1, -0.05) is 11.8 Å². The lowest BCUT2D eigenvalue weighted by Crippen LogP contribution is -1.92. The van der Waals surface area contributed by atoms with Crippen LogP contribution in [0.4, 0.5) is 5.82 Å². The molecule has 2 heterocycles. The van der Waals surface area contributed by atoms with Crippen LogP contribution in [-0.2, 0) is 5.75 Å². The Morgan fingerprint density at radius 2 is 2.38 bits per heavy atom. The SMILES string of the molecule is CNc1cc(CSc2nc(C)cs2)ccn1. The summed E-state index contributed by atoms with van der Waals surface area (Å²) in [6.45, 7) is 2.02. The van der Waals surface area contributed by atoms with E-state index in [2.05, 4.69) is 26.7 Å². The molecule has 2 aromatic rings. The quantitative estimate of drug-likeness (QED) is 0.847. The van der Waals surface area contributed by atoms with Gasteiger partial charge in [-0.25, -0.2) is 9.97 Å². The molecule has 0 aliphatic rings. The molecule has 84 valence electrons. The lowest BCUT2D eigenvalue weighted by Gasteiger charge is -2.02. The van der Waals surface area contributed by atoms with Crippen LogP contribution < -0.4 is 5.32 Å². The summed E-state index contributed by atoms with van der Waals surface area (Å²) in [7, 11) is 1.88. The minimum absolute atomic E-state index is 0.911. The van der Waals surface area contributed by atoms with Crippen LogP contribution in [0, 0.1) is 6.92 Å². The zero-order chi connectivity index (χ0) is 11.4. The van der Waals surface area contributed by atoms with Gasteiger partial charge in [0.25, 0.3) is 0 Å². The Bertz CT molecular complexity index is 468. The monoisotopic (exact) mass is 251 g/mol. The Labute approximate surface area is 103 Å². The number of aromatic nitrogens is 2. The predicted molar refractivity (Wildman–Crippen MR) is 70.2 cm³/mol. The van der Waals surface area contributed by atoms with E-state index >= 15 is 0 Å². The highest BCUT2D eigenvalue weighted by Gasteiger charge is 2.01. The predicted octanol–water partition coefficient (Wildman–Crippen LogP) is 3.18. The molecule has 2 rings (SSSR count). The van der Waals surface area contributed by atoms with E-state index in [0.29, 0.717) is 0 Å². The van der Waals surface area contributed by atoms with Crippen molar-refractivity contribution in [3.05, 3.63) is 35.0 Å². The summed E-state index contributed by atoms with van der Waals surface area (Å²) in [6.07, 6.45) is 1.83. The summed E-state index contributed by atoms with van der Waals surface area (Å²) in [5, 5.41) is 5.11. The lowest BCUT2D eigenvalue weighted by molar-refractivity contribution is 1.16. The Morgan fingerprint density at radius 1 is 1.50 bits per heavy atom. The minimum atomic E-state index is 0.911.